The quantitative estimate of drug-likeness (QED) is 0.868. The molecular formula is C19H29N3O. The highest BCUT2D eigenvalue weighted by Crippen LogP contribution is 2.31. The summed E-state index contributed by atoms with van der Waals surface area (Å²) in [5.74, 6) is 1.91. The van der Waals surface area contributed by atoms with E-state index < -0.39 is 0 Å². The predicted octanol–water partition coefficient (Wildman–Crippen LogP) is 1.95. The molecular weight excluding hydrogens is 286 g/mol. The molecule has 23 heavy (non-hydrogen) atoms. The number of nitrogens with one attached hydrogen (secondary N) is 1. The number of likely N-dealkylation sites (tertiary alicyclic amines) is 1. The van der Waals surface area contributed by atoms with Crippen LogP contribution in [0.15, 0.2) is 24.3 Å². The van der Waals surface area contributed by atoms with Gasteiger partial charge in [-0.05, 0) is 31.2 Å². The molecule has 0 bridgehead atoms. The van der Waals surface area contributed by atoms with Gasteiger partial charge in [0.25, 0.3) is 0 Å². The van der Waals surface area contributed by atoms with E-state index in [4.69, 9.17) is 4.74 Å². The molecule has 1 unspecified atom stereocenters. The Morgan fingerprint density at radius 1 is 1.04 bits per heavy atom. The van der Waals surface area contributed by atoms with E-state index in [1.54, 1.807) is 0 Å². The Morgan fingerprint density at radius 2 is 1.87 bits per heavy atom. The first-order valence-corrected chi connectivity index (χ1v) is 9.26. The highest BCUT2D eigenvalue weighted by Gasteiger charge is 2.29. The van der Waals surface area contributed by atoms with Gasteiger partial charge >= 0.3 is 0 Å². The van der Waals surface area contributed by atoms with Crippen molar-refractivity contribution in [3.63, 3.8) is 0 Å². The van der Waals surface area contributed by atoms with Crippen LogP contribution >= 0.6 is 0 Å². The van der Waals surface area contributed by atoms with Crippen LogP contribution in [0.4, 0.5) is 0 Å². The smallest absolute Gasteiger partial charge is 0.123 e. The van der Waals surface area contributed by atoms with Crippen molar-refractivity contribution < 1.29 is 4.74 Å². The Hall–Kier alpha value is -1.10. The van der Waals surface area contributed by atoms with Crippen LogP contribution in [-0.2, 0) is 6.54 Å². The van der Waals surface area contributed by atoms with E-state index in [-0.39, 0.29) is 0 Å². The lowest BCUT2D eigenvalue weighted by atomic mass is 10.2. The molecule has 1 aromatic carbocycles. The van der Waals surface area contributed by atoms with Crippen molar-refractivity contribution in [1.82, 2.24) is 15.1 Å². The summed E-state index contributed by atoms with van der Waals surface area (Å²) in [6.45, 7) is 9.06. The summed E-state index contributed by atoms with van der Waals surface area (Å²) in [5.41, 5.74) is 1.36. The van der Waals surface area contributed by atoms with Crippen molar-refractivity contribution in [3.8, 4) is 5.75 Å². The molecule has 126 valence electrons. The number of para-hydroxylation sites is 1. The zero-order valence-electron chi connectivity index (χ0n) is 14.0. The standard InChI is InChI=1S/C19H29N3O/c1-2-4-19(23-15-16-5-6-16)17(3-1)13-21-10-7-18(14-21)22-11-8-20-9-12-22/h1-4,16,18,20H,5-15H2. The maximum absolute atomic E-state index is 6.07. The van der Waals surface area contributed by atoms with Crippen LogP contribution < -0.4 is 10.1 Å². The Kier molecular flexibility index (Phi) is 4.83. The summed E-state index contributed by atoms with van der Waals surface area (Å²) in [6.07, 6.45) is 4.01. The summed E-state index contributed by atoms with van der Waals surface area (Å²) in [7, 11) is 0. The minimum atomic E-state index is 0.747. The molecule has 1 atom stereocenters. The minimum absolute atomic E-state index is 0.747. The molecule has 4 rings (SSSR count). The molecule has 3 fully saturated rings. The lowest BCUT2D eigenvalue weighted by molar-refractivity contribution is 0.170. The highest BCUT2D eigenvalue weighted by atomic mass is 16.5. The Morgan fingerprint density at radius 3 is 2.70 bits per heavy atom. The predicted molar refractivity (Wildman–Crippen MR) is 92.8 cm³/mol. The van der Waals surface area contributed by atoms with Crippen molar-refractivity contribution in [2.24, 2.45) is 5.92 Å². The number of hydrogen-bond donors (Lipinski definition) is 1. The van der Waals surface area contributed by atoms with Gasteiger partial charge in [-0.15, -0.1) is 0 Å². The number of piperazine rings is 1. The van der Waals surface area contributed by atoms with E-state index in [9.17, 15) is 0 Å². The first kappa shape index (κ1) is 15.4. The van der Waals surface area contributed by atoms with E-state index in [1.807, 2.05) is 0 Å². The Balaban J connectivity index is 1.33. The monoisotopic (exact) mass is 315 g/mol. The molecule has 0 aromatic heterocycles. The van der Waals surface area contributed by atoms with E-state index in [1.165, 1.54) is 51.0 Å². The fraction of sp³-hybridized carbons (Fsp3) is 0.684. The molecule has 0 spiro atoms. The Labute approximate surface area is 139 Å². The molecule has 2 saturated heterocycles. The molecule has 3 aliphatic rings. The largest absolute Gasteiger partial charge is 0.493 e. The van der Waals surface area contributed by atoms with E-state index in [2.05, 4.69) is 39.4 Å². The third-order valence-corrected chi connectivity index (χ3v) is 5.45. The topological polar surface area (TPSA) is 27.7 Å². The number of hydrogen-bond acceptors (Lipinski definition) is 4. The summed E-state index contributed by atoms with van der Waals surface area (Å²) >= 11 is 0. The highest BCUT2D eigenvalue weighted by molar-refractivity contribution is 5.33. The molecule has 4 heteroatoms. The van der Waals surface area contributed by atoms with Gasteiger partial charge < -0.3 is 10.1 Å². The van der Waals surface area contributed by atoms with Crippen LogP contribution in [0.25, 0.3) is 0 Å². The van der Waals surface area contributed by atoms with Crippen molar-refractivity contribution >= 4 is 0 Å². The van der Waals surface area contributed by atoms with Crippen LogP contribution in [0.1, 0.15) is 24.8 Å². The van der Waals surface area contributed by atoms with Gasteiger partial charge in [0.1, 0.15) is 5.75 Å². The second-order valence-corrected chi connectivity index (χ2v) is 7.33. The fourth-order valence-corrected chi connectivity index (χ4v) is 3.81. The number of nitrogens with zero attached hydrogens (tertiary/aromatic N) is 2. The lowest BCUT2D eigenvalue weighted by Gasteiger charge is -2.32. The van der Waals surface area contributed by atoms with E-state index in [0.29, 0.717) is 0 Å². The van der Waals surface area contributed by atoms with Gasteiger partial charge in [-0.1, -0.05) is 18.2 Å². The normalized spacial score (nSPS) is 26.5. The van der Waals surface area contributed by atoms with Gasteiger partial charge in [0.15, 0.2) is 0 Å². The molecule has 2 heterocycles. The first-order chi connectivity index (χ1) is 11.4. The van der Waals surface area contributed by atoms with Gasteiger partial charge in [0.05, 0.1) is 6.61 Å². The lowest BCUT2D eigenvalue weighted by Crippen LogP contribution is -2.49. The number of benzene rings is 1. The summed E-state index contributed by atoms with van der Waals surface area (Å²) < 4.78 is 6.07. The first-order valence-electron chi connectivity index (χ1n) is 9.26. The van der Waals surface area contributed by atoms with Crippen molar-refractivity contribution in [1.29, 1.82) is 0 Å². The molecule has 1 saturated carbocycles. The summed E-state index contributed by atoms with van der Waals surface area (Å²) in [5, 5.41) is 3.45. The van der Waals surface area contributed by atoms with Crippen LogP contribution in [0, 0.1) is 5.92 Å². The molecule has 4 nitrogen and oxygen atoms in total. The van der Waals surface area contributed by atoms with Crippen LogP contribution in [-0.4, -0.2) is 61.7 Å². The average Bonchev–Trinajstić information content (AvgIpc) is 3.32. The zero-order valence-corrected chi connectivity index (χ0v) is 14.0. The van der Waals surface area contributed by atoms with Crippen LogP contribution in [0.5, 0.6) is 5.75 Å². The van der Waals surface area contributed by atoms with E-state index in [0.717, 1.165) is 44.0 Å². The SMILES string of the molecule is c1ccc(OCC2CC2)c(CN2CCC(N3CCNCC3)C2)c1. The van der Waals surface area contributed by atoms with Crippen LogP contribution in [0.3, 0.4) is 0 Å². The minimum Gasteiger partial charge on any atom is -0.493 e. The zero-order chi connectivity index (χ0) is 15.5. The summed E-state index contributed by atoms with van der Waals surface area (Å²) in [4.78, 5) is 5.28. The van der Waals surface area contributed by atoms with Crippen LogP contribution in [0.2, 0.25) is 0 Å². The molecule has 1 N–H and O–H groups in total. The van der Waals surface area contributed by atoms with Crippen molar-refractivity contribution in [2.75, 3.05) is 45.9 Å². The molecule has 0 amide bonds. The van der Waals surface area contributed by atoms with Crippen molar-refractivity contribution in [2.45, 2.75) is 31.8 Å². The second kappa shape index (κ2) is 7.20. The van der Waals surface area contributed by atoms with Gasteiger partial charge in [0, 0.05) is 57.4 Å². The third-order valence-electron chi connectivity index (χ3n) is 5.45. The van der Waals surface area contributed by atoms with Gasteiger partial charge in [-0.25, -0.2) is 0 Å². The van der Waals surface area contributed by atoms with Gasteiger partial charge in [0.2, 0.25) is 0 Å². The van der Waals surface area contributed by atoms with Crippen molar-refractivity contribution in [3.05, 3.63) is 29.8 Å². The second-order valence-electron chi connectivity index (χ2n) is 7.33. The van der Waals surface area contributed by atoms with Gasteiger partial charge in [-0.2, -0.15) is 0 Å². The molecule has 1 aromatic rings. The maximum atomic E-state index is 6.07. The summed E-state index contributed by atoms with van der Waals surface area (Å²) in [6, 6.07) is 9.36. The molecule has 0 radical (unpaired) electrons. The van der Waals surface area contributed by atoms with Gasteiger partial charge in [-0.3, -0.25) is 9.80 Å². The fourth-order valence-electron chi connectivity index (χ4n) is 3.81. The third kappa shape index (κ3) is 4.06. The Bertz CT molecular complexity index is 511. The molecule has 1 aliphatic carbocycles. The maximum Gasteiger partial charge on any atom is 0.123 e. The average molecular weight is 315 g/mol. The number of rotatable bonds is 6. The number of ether oxygens (including phenoxy) is 1. The van der Waals surface area contributed by atoms with E-state index >= 15 is 0 Å². The molecule has 2 aliphatic heterocycles.